The zero-order valence-electron chi connectivity index (χ0n) is 12.6. The van der Waals surface area contributed by atoms with E-state index in [1.807, 2.05) is 62.4 Å². The Morgan fingerprint density at radius 1 is 1.09 bits per heavy atom. The first-order valence-electron chi connectivity index (χ1n) is 7.24. The first-order valence-corrected chi connectivity index (χ1v) is 7.24. The molecule has 0 spiro atoms. The zero-order valence-corrected chi connectivity index (χ0v) is 12.6. The predicted octanol–water partition coefficient (Wildman–Crippen LogP) is 4.41. The molecule has 0 bridgehead atoms. The third kappa shape index (κ3) is 2.96. The minimum Gasteiger partial charge on any atom is -0.494 e. The fourth-order valence-electron chi connectivity index (χ4n) is 2.30. The summed E-state index contributed by atoms with van der Waals surface area (Å²) >= 11 is 0. The van der Waals surface area contributed by atoms with E-state index in [0.717, 1.165) is 22.3 Å². The number of aromatic nitrogens is 1. The largest absolute Gasteiger partial charge is 0.494 e. The van der Waals surface area contributed by atoms with Crippen LogP contribution >= 0.6 is 0 Å². The SMILES string of the molecule is CC(C)Oc1ccc(N=Cc2c(O)[nH]c3ccccc23)cc1. The Bertz CT molecular complexity index is 802. The number of aromatic amines is 1. The van der Waals surface area contributed by atoms with Gasteiger partial charge in [0, 0.05) is 17.1 Å². The average molecular weight is 294 g/mol. The van der Waals surface area contributed by atoms with Gasteiger partial charge in [-0.15, -0.1) is 0 Å². The minimum atomic E-state index is 0.129. The quantitative estimate of drug-likeness (QED) is 0.700. The van der Waals surface area contributed by atoms with Gasteiger partial charge in [0.1, 0.15) is 5.75 Å². The number of aliphatic imine (C=N–C) groups is 1. The van der Waals surface area contributed by atoms with E-state index >= 15 is 0 Å². The first-order chi connectivity index (χ1) is 10.6. The second-order valence-electron chi connectivity index (χ2n) is 5.35. The molecule has 112 valence electrons. The lowest BCUT2D eigenvalue weighted by atomic mass is 10.2. The molecule has 2 N–H and O–H groups in total. The maximum atomic E-state index is 9.99. The van der Waals surface area contributed by atoms with Crippen LogP contribution in [0.5, 0.6) is 11.6 Å². The summed E-state index contributed by atoms with van der Waals surface area (Å²) in [6.45, 7) is 3.98. The van der Waals surface area contributed by atoms with Crippen molar-refractivity contribution in [2.24, 2.45) is 4.99 Å². The molecule has 0 radical (unpaired) electrons. The van der Waals surface area contributed by atoms with Crippen LogP contribution in [-0.4, -0.2) is 22.4 Å². The molecule has 0 aliphatic heterocycles. The number of benzene rings is 2. The van der Waals surface area contributed by atoms with E-state index in [9.17, 15) is 5.11 Å². The van der Waals surface area contributed by atoms with E-state index < -0.39 is 0 Å². The highest BCUT2D eigenvalue weighted by atomic mass is 16.5. The van der Waals surface area contributed by atoms with Crippen molar-refractivity contribution < 1.29 is 9.84 Å². The van der Waals surface area contributed by atoms with Gasteiger partial charge >= 0.3 is 0 Å². The molecular formula is C18H18N2O2. The lowest BCUT2D eigenvalue weighted by molar-refractivity contribution is 0.242. The number of para-hydroxylation sites is 1. The number of rotatable bonds is 4. The molecule has 4 nitrogen and oxygen atoms in total. The number of nitrogens with one attached hydrogen (secondary N) is 1. The monoisotopic (exact) mass is 294 g/mol. The Kier molecular flexibility index (Phi) is 3.83. The molecule has 1 heterocycles. The summed E-state index contributed by atoms with van der Waals surface area (Å²) in [6, 6.07) is 15.3. The van der Waals surface area contributed by atoms with Gasteiger partial charge < -0.3 is 14.8 Å². The smallest absolute Gasteiger partial charge is 0.198 e. The van der Waals surface area contributed by atoms with E-state index in [-0.39, 0.29) is 12.0 Å². The van der Waals surface area contributed by atoms with Crippen LogP contribution in [0, 0.1) is 0 Å². The normalized spacial score (nSPS) is 11.6. The van der Waals surface area contributed by atoms with Crippen LogP contribution in [0.15, 0.2) is 53.5 Å². The highest BCUT2D eigenvalue weighted by molar-refractivity contribution is 6.02. The Morgan fingerprint density at radius 3 is 2.55 bits per heavy atom. The molecule has 0 saturated carbocycles. The second kappa shape index (κ2) is 5.93. The van der Waals surface area contributed by atoms with Crippen molar-refractivity contribution in [2.45, 2.75) is 20.0 Å². The molecule has 1 aromatic heterocycles. The fourth-order valence-corrected chi connectivity index (χ4v) is 2.30. The van der Waals surface area contributed by atoms with Crippen molar-refractivity contribution in [3.63, 3.8) is 0 Å². The molecule has 22 heavy (non-hydrogen) atoms. The predicted molar refractivity (Wildman–Crippen MR) is 89.4 cm³/mol. The summed E-state index contributed by atoms with van der Waals surface area (Å²) in [5.74, 6) is 0.952. The van der Waals surface area contributed by atoms with Crippen molar-refractivity contribution in [3.05, 3.63) is 54.1 Å². The molecule has 0 fully saturated rings. The van der Waals surface area contributed by atoms with E-state index in [4.69, 9.17) is 4.74 Å². The number of aromatic hydroxyl groups is 1. The highest BCUT2D eigenvalue weighted by Crippen LogP contribution is 2.26. The number of hydrogen-bond donors (Lipinski definition) is 2. The van der Waals surface area contributed by atoms with Crippen molar-refractivity contribution in [3.8, 4) is 11.6 Å². The molecule has 0 atom stereocenters. The minimum absolute atomic E-state index is 0.129. The summed E-state index contributed by atoms with van der Waals surface area (Å²) in [6.07, 6.45) is 1.82. The van der Waals surface area contributed by atoms with Crippen LogP contribution in [0.4, 0.5) is 5.69 Å². The zero-order chi connectivity index (χ0) is 15.5. The van der Waals surface area contributed by atoms with Gasteiger partial charge in [0.2, 0.25) is 0 Å². The van der Waals surface area contributed by atoms with E-state index in [0.29, 0.717) is 5.56 Å². The van der Waals surface area contributed by atoms with Gasteiger partial charge in [-0.3, -0.25) is 4.99 Å². The Morgan fingerprint density at radius 2 is 1.82 bits per heavy atom. The molecule has 0 aliphatic rings. The molecule has 0 saturated heterocycles. The Hall–Kier alpha value is -2.75. The van der Waals surface area contributed by atoms with Crippen molar-refractivity contribution >= 4 is 22.8 Å². The van der Waals surface area contributed by atoms with Gasteiger partial charge in [0.25, 0.3) is 0 Å². The van der Waals surface area contributed by atoms with Gasteiger partial charge in [0.05, 0.1) is 17.4 Å². The number of nitrogens with zero attached hydrogens (tertiary/aromatic N) is 1. The standard InChI is InChI=1S/C18H18N2O2/c1-12(2)22-14-9-7-13(8-10-14)19-11-16-15-5-3-4-6-17(15)20-18(16)21/h3-12,20-21H,1-2H3. The molecule has 2 aromatic carbocycles. The Balaban J connectivity index is 1.85. The Labute approximate surface area is 129 Å². The molecular weight excluding hydrogens is 276 g/mol. The van der Waals surface area contributed by atoms with Gasteiger partial charge in [-0.25, -0.2) is 0 Å². The number of hydrogen-bond acceptors (Lipinski definition) is 3. The molecule has 0 amide bonds. The molecule has 3 rings (SSSR count). The first kappa shape index (κ1) is 14.2. The third-order valence-corrected chi connectivity index (χ3v) is 3.28. The van der Waals surface area contributed by atoms with Gasteiger partial charge in [-0.05, 0) is 44.2 Å². The van der Waals surface area contributed by atoms with Gasteiger partial charge in [-0.2, -0.15) is 0 Å². The third-order valence-electron chi connectivity index (χ3n) is 3.28. The van der Waals surface area contributed by atoms with Crippen molar-refractivity contribution in [1.82, 2.24) is 4.98 Å². The van der Waals surface area contributed by atoms with E-state index in [1.165, 1.54) is 0 Å². The molecule has 3 aromatic rings. The van der Waals surface area contributed by atoms with E-state index in [1.54, 1.807) is 6.21 Å². The van der Waals surface area contributed by atoms with E-state index in [2.05, 4.69) is 9.98 Å². The van der Waals surface area contributed by atoms with Crippen LogP contribution in [-0.2, 0) is 0 Å². The lowest BCUT2D eigenvalue weighted by Gasteiger charge is -2.08. The van der Waals surface area contributed by atoms with Crippen molar-refractivity contribution in [1.29, 1.82) is 0 Å². The summed E-state index contributed by atoms with van der Waals surface area (Å²) in [5, 5.41) is 10.9. The number of ether oxygens (including phenoxy) is 1. The van der Waals surface area contributed by atoms with Crippen LogP contribution in [0.2, 0.25) is 0 Å². The van der Waals surface area contributed by atoms with Crippen LogP contribution in [0.1, 0.15) is 19.4 Å². The average Bonchev–Trinajstić information content (AvgIpc) is 2.81. The summed E-state index contributed by atoms with van der Waals surface area (Å²) < 4.78 is 5.60. The summed E-state index contributed by atoms with van der Waals surface area (Å²) in [5.41, 5.74) is 2.39. The topological polar surface area (TPSA) is 57.6 Å². The fraction of sp³-hybridized carbons (Fsp3) is 0.167. The number of fused-ring (bicyclic) bond motifs is 1. The maximum Gasteiger partial charge on any atom is 0.198 e. The second-order valence-corrected chi connectivity index (χ2v) is 5.35. The molecule has 0 aliphatic carbocycles. The lowest BCUT2D eigenvalue weighted by Crippen LogP contribution is -2.04. The highest BCUT2D eigenvalue weighted by Gasteiger charge is 2.07. The summed E-state index contributed by atoms with van der Waals surface area (Å²) in [7, 11) is 0. The van der Waals surface area contributed by atoms with Crippen LogP contribution in [0.25, 0.3) is 10.9 Å². The number of H-pyrrole nitrogens is 1. The van der Waals surface area contributed by atoms with Gasteiger partial charge in [0.15, 0.2) is 5.88 Å². The molecule has 0 unspecified atom stereocenters. The van der Waals surface area contributed by atoms with Crippen LogP contribution < -0.4 is 4.74 Å². The van der Waals surface area contributed by atoms with Crippen molar-refractivity contribution in [2.75, 3.05) is 0 Å². The van der Waals surface area contributed by atoms with Crippen LogP contribution in [0.3, 0.4) is 0 Å². The maximum absolute atomic E-state index is 9.99. The molecule has 4 heteroatoms. The summed E-state index contributed by atoms with van der Waals surface area (Å²) in [4.78, 5) is 7.36. The van der Waals surface area contributed by atoms with Gasteiger partial charge in [-0.1, -0.05) is 18.2 Å².